The summed E-state index contributed by atoms with van der Waals surface area (Å²) in [7, 11) is 2.11. The van der Waals surface area contributed by atoms with Crippen LogP contribution < -0.4 is 4.74 Å². The van der Waals surface area contributed by atoms with Gasteiger partial charge in [0.25, 0.3) is 0 Å². The van der Waals surface area contributed by atoms with Gasteiger partial charge in [0.15, 0.2) is 0 Å². The molecule has 0 radical (unpaired) electrons. The molecule has 0 heterocycles. The van der Waals surface area contributed by atoms with E-state index in [1.165, 1.54) is 32.1 Å². The fourth-order valence-electron chi connectivity index (χ4n) is 3.24. The van der Waals surface area contributed by atoms with Gasteiger partial charge in [-0.15, -0.1) is 0 Å². The number of hydrogen-bond acceptors (Lipinski definition) is 3. The molecule has 2 rings (SSSR count). The number of halogens is 1. The van der Waals surface area contributed by atoms with Gasteiger partial charge in [0.1, 0.15) is 18.5 Å². The summed E-state index contributed by atoms with van der Waals surface area (Å²) in [5, 5.41) is 11.0. The van der Waals surface area contributed by atoms with E-state index in [9.17, 15) is 5.11 Å². The highest BCUT2D eigenvalue weighted by Crippen LogP contribution is 2.26. The number of aliphatic hydroxyl groups is 1. The molecule has 0 aromatic heterocycles. The first-order valence-corrected chi connectivity index (χ1v) is 8.63. The zero-order chi connectivity index (χ0) is 16.1. The minimum Gasteiger partial charge on any atom is -0.491 e. The molecule has 1 N–H and O–H groups in total. The lowest BCUT2D eigenvalue weighted by molar-refractivity contribution is 0.0561. The molecule has 0 aliphatic heterocycles. The Morgan fingerprint density at radius 3 is 2.41 bits per heavy atom. The van der Waals surface area contributed by atoms with Crippen LogP contribution in [0.15, 0.2) is 12.1 Å². The fourth-order valence-corrected chi connectivity index (χ4v) is 3.35. The predicted molar refractivity (Wildman–Crippen MR) is 91.9 cm³/mol. The van der Waals surface area contributed by atoms with Crippen LogP contribution in [0, 0.1) is 13.8 Å². The molecular weight excluding hydrogens is 298 g/mol. The normalized spacial score (nSPS) is 17.7. The third kappa shape index (κ3) is 4.87. The van der Waals surface area contributed by atoms with Crippen LogP contribution in [0.1, 0.15) is 43.2 Å². The van der Waals surface area contributed by atoms with Crippen molar-refractivity contribution in [3.05, 3.63) is 28.3 Å². The summed E-state index contributed by atoms with van der Waals surface area (Å²) in [5.74, 6) is 0.777. The summed E-state index contributed by atoms with van der Waals surface area (Å²) in [5.41, 5.74) is 2.01. The van der Waals surface area contributed by atoms with Crippen molar-refractivity contribution < 1.29 is 9.84 Å². The van der Waals surface area contributed by atoms with Crippen LogP contribution in [0.2, 0.25) is 5.02 Å². The lowest BCUT2D eigenvalue weighted by Gasteiger charge is -2.32. The highest BCUT2D eigenvalue weighted by atomic mass is 35.5. The lowest BCUT2D eigenvalue weighted by atomic mass is 9.94. The monoisotopic (exact) mass is 325 g/mol. The van der Waals surface area contributed by atoms with Gasteiger partial charge in [0, 0.05) is 17.6 Å². The quantitative estimate of drug-likeness (QED) is 0.859. The summed E-state index contributed by atoms with van der Waals surface area (Å²) in [6, 6.07) is 4.46. The smallest absolute Gasteiger partial charge is 0.120 e. The van der Waals surface area contributed by atoms with Crippen LogP contribution >= 0.6 is 11.6 Å². The molecule has 22 heavy (non-hydrogen) atoms. The Morgan fingerprint density at radius 1 is 1.23 bits per heavy atom. The number of ether oxygens (including phenoxy) is 1. The Labute approximate surface area is 139 Å². The van der Waals surface area contributed by atoms with Gasteiger partial charge in [-0.05, 0) is 57.0 Å². The summed E-state index contributed by atoms with van der Waals surface area (Å²) in [6.45, 7) is 4.92. The molecule has 0 saturated heterocycles. The van der Waals surface area contributed by atoms with E-state index in [4.69, 9.17) is 16.3 Å². The Kier molecular flexibility index (Phi) is 6.54. The Balaban J connectivity index is 1.80. The van der Waals surface area contributed by atoms with Crippen LogP contribution in [0.4, 0.5) is 0 Å². The molecule has 0 amide bonds. The molecule has 0 spiro atoms. The van der Waals surface area contributed by atoms with Crippen molar-refractivity contribution in [2.75, 3.05) is 20.2 Å². The number of likely N-dealkylation sites (N-methyl/N-ethyl adjacent to an activating group) is 1. The molecule has 0 bridgehead atoms. The zero-order valence-corrected chi connectivity index (χ0v) is 14.7. The third-order valence-corrected chi connectivity index (χ3v) is 5.15. The first-order valence-electron chi connectivity index (χ1n) is 8.25. The van der Waals surface area contributed by atoms with Gasteiger partial charge in [-0.1, -0.05) is 30.9 Å². The first kappa shape index (κ1) is 17.6. The minimum absolute atomic E-state index is 0.317. The van der Waals surface area contributed by atoms with E-state index in [1.54, 1.807) is 0 Å². The van der Waals surface area contributed by atoms with Crippen molar-refractivity contribution in [2.24, 2.45) is 0 Å². The van der Waals surface area contributed by atoms with E-state index in [0.717, 1.165) is 21.9 Å². The largest absolute Gasteiger partial charge is 0.491 e. The second kappa shape index (κ2) is 8.19. The molecule has 1 aliphatic rings. The standard InChI is InChI=1S/C18H28ClNO2/c1-13-9-17(10-14(2)18(13)19)22-12-16(21)11-20(3)15-7-5-4-6-8-15/h9-10,15-16,21H,4-8,11-12H2,1-3H3/t16-/m0/s1. The maximum absolute atomic E-state index is 10.2. The lowest BCUT2D eigenvalue weighted by Crippen LogP contribution is -2.40. The number of aliphatic hydroxyl groups excluding tert-OH is 1. The first-order chi connectivity index (χ1) is 10.5. The predicted octanol–water partition coefficient (Wildman–Crippen LogP) is 3.96. The van der Waals surface area contributed by atoms with Crippen molar-refractivity contribution in [2.45, 2.75) is 58.1 Å². The Hall–Kier alpha value is -0.770. The Bertz CT molecular complexity index is 463. The van der Waals surface area contributed by atoms with Crippen LogP contribution in [0.25, 0.3) is 0 Å². The highest BCUT2D eigenvalue weighted by molar-refractivity contribution is 6.32. The van der Waals surface area contributed by atoms with Crippen molar-refractivity contribution in [3.63, 3.8) is 0 Å². The van der Waals surface area contributed by atoms with Gasteiger partial charge in [-0.25, -0.2) is 0 Å². The molecule has 4 heteroatoms. The number of nitrogens with zero attached hydrogens (tertiary/aromatic N) is 1. The van der Waals surface area contributed by atoms with Gasteiger partial charge >= 0.3 is 0 Å². The van der Waals surface area contributed by atoms with Gasteiger partial charge in [0.05, 0.1) is 0 Å². The van der Waals surface area contributed by atoms with Crippen molar-refractivity contribution in [3.8, 4) is 5.75 Å². The van der Waals surface area contributed by atoms with Crippen molar-refractivity contribution in [1.82, 2.24) is 4.90 Å². The summed E-state index contributed by atoms with van der Waals surface area (Å²) >= 11 is 6.16. The molecule has 1 atom stereocenters. The Morgan fingerprint density at radius 2 is 1.82 bits per heavy atom. The van der Waals surface area contributed by atoms with Crippen LogP contribution in [0.3, 0.4) is 0 Å². The van der Waals surface area contributed by atoms with Gasteiger partial charge in [-0.2, -0.15) is 0 Å². The van der Waals surface area contributed by atoms with E-state index >= 15 is 0 Å². The maximum Gasteiger partial charge on any atom is 0.120 e. The number of benzene rings is 1. The van der Waals surface area contributed by atoms with Crippen LogP contribution in [0.5, 0.6) is 5.75 Å². The average molecular weight is 326 g/mol. The summed E-state index contributed by atoms with van der Waals surface area (Å²) in [6.07, 6.45) is 6.00. The number of aryl methyl sites for hydroxylation is 2. The fraction of sp³-hybridized carbons (Fsp3) is 0.667. The zero-order valence-electron chi connectivity index (χ0n) is 13.9. The number of rotatable bonds is 6. The SMILES string of the molecule is Cc1cc(OC[C@@H](O)CN(C)C2CCCCC2)cc(C)c1Cl. The topological polar surface area (TPSA) is 32.7 Å². The van der Waals surface area contributed by atoms with Gasteiger partial charge in [-0.3, -0.25) is 0 Å². The molecule has 1 saturated carbocycles. The van der Waals surface area contributed by atoms with E-state index in [-0.39, 0.29) is 0 Å². The van der Waals surface area contributed by atoms with E-state index in [0.29, 0.717) is 19.2 Å². The van der Waals surface area contributed by atoms with Crippen LogP contribution in [-0.2, 0) is 0 Å². The number of hydrogen-bond donors (Lipinski definition) is 1. The van der Waals surface area contributed by atoms with E-state index in [1.807, 2.05) is 26.0 Å². The van der Waals surface area contributed by atoms with Crippen LogP contribution in [-0.4, -0.2) is 42.4 Å². The molecular formula is C18H28ClNO2. The molecule has 1 aliphatic carbocycles. The molecule has 3 nitrogen and oxygen atoms in total. The molecule has 1 aromatic rings. The molecule has 124 valence electrons. The third-order valence-electron chi connectivity index (χ3n) is 4.55. The maximum atomic E-state index is 10.2. The highest BCUT2D eigenvalue weighted by Gasteiger charge is 2.20. The molecule has 1 aromatic carbocycles. The minimum atomic E-state index is -0.469. The summed E-state index contributed by atoms with van der Waals surface area (Å²) < 4.78 is 5.74. The molecule has 0 unspecified atom stereocenters. The van der Waals surface area contributed by atoms with Gasteiger partial charge < -0.3 is 14.7 Å². The molecule has 1 fully saturated rings. The van der Waals surface area contributed by atoms with E-state index < -0.39 is 6.10 Å². The average Bonchev–Trinajstić information content (AvgIpc) is 2.51. The summed E-state index contributed by atoms with van der Waals surface area (Å²) in [4.78, 5) is 2.28. The van der Waals surface area contributed by atoms with Crippen molar-refractivity contribution >= 4 is 11.6 Å². The van der Waals surface area contributed by atoms with Gasteiger partial charge in [0.2, 0.25) is 0 Å². The van der Waals surface area contributed by atoms with Crippen molar-refractivity contribution in [1.29, 1.82) is 0 Å². The second-order valence-corrected chi connectivity index (χ2v) is 6.95. The second-order valence-electron chi connectivity index (χ2n) is 6.57. The van der Waals surface area contributed by atoms with E-state index in [2.05, 4.69) is 11.9 Å².